The summed E-state index contributed by atoms with van der Waals surface area (Å²) >= 11 is 5.52. The van der Waals surface area contributed by atoms with Crippen LogP contribution in [-0.4, -0.2) is 12.8 Å². The molecule has 6 heteroatoms. The zero-order valence-electron chi connectivity index (χ0n) is 6.23. The van der Waals surface area contributed by atoms with Crippen molar-refractivity contribution in [2.45, 2.75) is 0 Å². The maximum absolute atomic E-state index is 12.9. The Morgan fingerprint density at radius 2 is 2.25 bits per heavy atom. The quantitative estimate of drug-likeness (QED) is 0.556. The summed E-state index contributed by atoms with van der Waals surface area (Å²) in [7, 11) is 1.42. The number of nitriles is 1. The van der Waals surface area contributed by atoms with Crippen molar-refractivity contribution in [2.24, 2.45) is 0 Å². The predicted octanol–water partition coefficient (Wildman–Crippen LogP) is -0.414. The first-order chi connectivity index (χ1) is 5.57. The maximum Gasteiger partial charge on any atom is 0.168 e. The fraction of sp³-hybridized carbons (Fsp3) is 0. The van der Waals surface area contributed by atoms with E-state index in [1.807, 2.05) is 0 Å². The highest BCUT2D eigenvalue weighted by molar-refractivity contribution is 6.36. The van der Waals surface area contributed by atoms with E-state index >= 15 is 0 Å². The first-order valence-electron chi connectivity index (χ1n) is 3.09. The van der Waals surface area contributed by atoms with Crippen LogP contribution >= 0.6 is 11.6 Å². The molecule has 0 aliphatic carbocycles. The smallest absolute Gasteiger partial charge is 0.168 e. The predicted molar refractivity (Wildman–Crippen MR) is 46.5 cm³/mol. The van der Waals surface area contributed by atoms with Gasteiger partial charge in [-0.15, -0.1) is 0 Å². The van der Waals surface area contributed by atoms with E-state index in [9.17, 15) is 4.39 Å². The van der Waals surface area contributed by atoms with Gasteiger partial charge in [0.15, 0.2) is 19.4 Å². The van der Waals surface area contributed by atoms with E-state index in [4.69, 9.17) is 22.6 Å². The van der Waals surface area contributed by atoms with Gasteiger partial charge >= 0.3 is 0 Å². The molecule has 1 rings (SSSR count). The first-order valence-corrected chi connectivity index (χ1v) is 3.47. The van der Waals surface area contributed by atoms with Gasteiger partial charge in [-0.05, 0) is 0 Å². The van der Waals surface area contributed by atoms with Crippen molar-refractivity contribution < 1.29 is 4.39 Å². The van der Waals surface area contributed by atoms with Crippen LogP contribution in [0.3, 0.4) is 0 Å². The van der Waals surface area contributed by atoms with Crippen LogP contribution in [0.2, 0.25) is 5.02 Å². The van der Waals surface area contributed by atoms with Gasteiger partial charge in [-0.1, -0.05) is 11.6 Å². The van der Waals surface area contributed by atoms with Gasteiger partial charge in [-0.25, -0.2) is 9.37 Å². The summed E-state index contributed by atoms with van der Waals surface area (Å²) in [5.74, 6) is -0.668. The number of hydrogen-bond donors (Lipinski definition) is 1. The van der Waals surface area contributed by atoms with Crippen molar-refractivity contribution in [2.75, 3.05) is 5.73 Å². The Labute approximate surface area is 74.4 Å². The minimum atomic E-state index is -0.668. The van der Waals surface area contributed by atoms with E-state index in [1.54, 1.807) is 6.07 Å². The van der Waals surface area contributed by atoms with Crippen LogP contribution in [0.25, 0.3) is 0 Å². The Morgan fingerprint density at radius 3 is 2.75 bits per heavy atom. The van der Waals surface area contributed by atoms with Gasteiger partial charge < -0.3 is 5.73 Å². The van der Waals surface area contributed by atoms with Gasteiger partial charge in [-0.3, -0.25) is 0 Å². The summed E-state index contributed by atoms with van der Waals surface area (Å²) in [4.78, 5) is 3.60. The number of nitrogens with two attached hydrogens (primary N) is 1. The van der Waals surface area contributed by atoms with Gasteiger partial charge in [0.25, 0.3) is 0 Å². The molecule has 0 atom stereocenters. The molecule has 0 spiro atoms. The molecule has 0 bridgehead atoms. The molecule has 0 aliphatic heterocycles. The first kappa shape index (κ1) is 8.82. The van der Waals surface area contributed by atoms with E-state index < -0.39 is 5.82 Å². The standard InChI is InChI=1S/C6H4BClFN3/c7-6-4(9)5(11)3(8)2(1-10)12-6/h7H2,(H2,11,12). The summed E-state index contributed by atoms with van der Waals surface area (Å²) in [6.07, 6.45) is 0. The van der Waals surface area contributed by atoms with Crippen LogP contribution in [0.1, 0.15) is 5.69 Å². The summed E-state index contributed by atoms with van der Waals surface area (Å²) in [5, 5.41) is 8.36. The van der Waals surface area contributed by atoms with Crippen molar-refractivity contribution in [1.29, 1.82) is 5.26 Å². The summed E-state index contributed by atoms with van der Waals surface area (Å²) in [5.41, 5.74) is 5.07. The number of hydrogen-bond acceptors (Lipinski definition) is 3. The number of pyridine rings is 1. The lowest BCUT2D eigenvalue weighted by Crippen LogP contribution is -2.17. The molecule has 12 heavy (non-hydrogen) atoms. The molecule has 0 amide bonds. The number of nitrogens with zero attached hydrogens (tertiary/aromatic N) is 2. The second-order valence-electron chi connectivity index (χ2n) is 2.20. The van der Waals surface area contributed by atoms with E-state index in [0.29, 0.717) is 0 Å². The monoisotopic (exact) mass is 183 g/mol. The van der Waals surface area contributed by atoms with Gasteiger partial charge in [0, 0.05) is 5.59 Å². The minimum Gasteiger partial charge on any atom is -0.395 e. The Hall–Kier alpha value is -1.28. The third kappa shape index (κ3) is 1.21. The van der Waals surface area contributed by atoms with Crippen LogP contribution in [0.5, 0.6) is 0 Å². The SMILES string of the molecule is Bc1nc(C#N)c(Cl)c(N)c1F. The average molecular weight is 183 g/mol. The van der Waals surface area contributed by atoms with Crippen LogP contribution < -0.4 is 11.3 Å². The molecule has 0 saturated heterocycles. The highest BCUT2D eigenvalue weighted by Crippen LogP contribution is 2.21. The van der Waals surface area contributed by atoms with Crippen molar-refractivity contribution in [3.8, 4) is 6.07 Å². The van der Waals surface area contributed by atoms with Gasteiger partial charge in [0.05, 0.1) is 5.69 Å². The van der Waals surface area contributed by atoms with Crippen LogP contribution in [-0.2, 0) is 0 Å². The molecule has 0 radical (unpaired) electrons. The minimum absolute atomic E-state index is 0.0481. The molecular formula is C6H4BClFN3. The van der Waals surface area contributed by atoms with E-state index in [1.165, 1.54) is 7.85 Å². The number of rotatable bonds is 0. The molecule has 0 unspecified atom stereocenters. The van der Waals surface area contributed by atoms with Crippen LogP contribution in [0.4, 0.5) is 10.1 Å². The van der Waals surface area contributed by atoms with E-state index in [0.717, 1.165) is 0 Å². The van der Waals surface area contributed by atoms with Crippen molar-refractivity contribution in [3.05, 3.63) is 16.5 Å². The van der Waals surface area contributed by atoms with Crippen LogP contribution in [0, 0.1) is 17.1 Å². The third-order valence-corrected chi connectivity index (χ3v) is 1.77. The summed E-state index contributed by atoms with van der Waals surface area (Å²) < 4.78 is 12.9. The fourth-order valence-corrected chi connectivity index (χ4v) is 0.926. The molecule has 3 nitrogen and oxygen atoms in total. The van der Waals surface area contributed by atoms with Gasteiger partial charge in [0.2, 0.25) is 0 Å². The Morgan fingerprint density at radius 1 is 1.67 bits per heavy atom. The summed E-state index contributed by atoms with van der Waals surface area (Å²) in [6.45, 7) is 0. The molecule has 0 aliphatic rings. The lowest BCUT2D eigenvalue weighted by atomic mass is 10.0. The van der Waals surface area contributed by atoms with Gasteiger partial charge in [0.1, 0.15) is 11.1 Å². The zero-order chi connectivity index (χ0) is 9.30. The maximum atomic E-state index is 12.9. The fourth-order valence-electron chi connectivity index (χ4n) is 0.759. The zero-order valence-corrected chi connectivity index (χ0v) is 6.98. The van der Waals surface area contributed by atoms with Crippen molar-refractivity contribution in [1.82, 2.24) is 4.98 Å². The molecule has 1 heterocycles. The Balaban J connectivity index is 3.52. The average Bonchev–Trinajstić information content (AvgIpc) is 2.08. The number of nitrogen functional groups attached to an aromatic ring is 1. The van der Waals surface area contributed by atoms with Crippen molar-refractivity contribution >= 4 is 30.7 Å². The highest BCUT2D eigenvalue weighted by Gasteiger charge is 2.12. The number of anilines is 1. The lowest BCUT2D eigenvalue weighted by molar-refractivity contribution is 0.636. The molecule has 0 saturated carbocycles. The molecule has 1 aromatic heterocycles. The highest BCUT2D eigenvalue weighted by atomic mass is 35.5. The van der Waals surface area contributed by atoms with E-state index in [2.05, 4.69) is 4.98 Å². The third-order valence-electron chi connectivity index (χ3n) is 1.38. The normalized spacial score (nSPS) is 9.42. The molecule has 60 valence electrons. The number of aromatic nitrogens is 1. The van der Waals surface area contributed by atoms with E-state index in [-0.39, 0.29) is 22.0 Å². The molecule has 1 aromatic rings. The van der Waals surface area contributed by atoms with Crippen LogP contribution in [0.15, 0.2) is 0 Å². The second-order valence-corrected chi connectivity index (χ2v) is 2.58. The second kappa shape index (κ2) is 2.99. The Kier molecular flexibility index (Phi) is 2.20. The topological polar surface area (TPSA) is 62.7 Å². The Bertz CT molecular complexity index is 374. The molecule has 2 N–H and O–H groups in total. The van der Waals surface area contributed by atoms with Gasteiger partial charge in [-0.2, -0.15) is 5.26 Å². The lowest BCUT2D eigenvalue weighted by Gasteiger charge is -2.03. The molecule has 0 aromatic carbocycles. The summed E-state index contributed by atoms with van der Waals surface area (Å²) in [6, 6.07) is 1.71. The van der Waals surface area contributed by atoms with Crippen molar-refractivity contribution in [3.63, 3.8) is 0 Å². The number of halogens is 2. The molecule has 0 fully saturated rings. The molecular weight excluding hydrogens is 179 g/mol. The largest absolute Gasteiger partial charge is 0.395 e.